The van der Waals surface area contributed by atoms with E-state index in [2.05, 4.69) is 24.0 Å². The Balaban J connectivity index is 2.22. The standard InChI is InChI=1S/C15H19N3O/c1-2-18(10-3-9-16)11-4-12-19-15-7-5-14(13-17)6-8-15/h5-8H,2-4,10-12H2,1H3. The highest BCUT2D eigenvalue weighted by Crippen LogP contribution is 2.11. The lowest BCUT2D eigenvalue weighted by Gasteiger charge is -2.18. The number of benzene rings is 1. The molecule has 1 aromatic rings. The highest BCUT2D eigenvalue weighted by Gasteiger charge is 2.01. The number of nitrogens with zero attached hydrogens (tertiary/aromatic N) is 3. The molecule has 0 unspecified atom stereocenters. The predicted molar refractivity (Wildman–Crippen MR) is 73.6 cm³/mol. The van der Waals surface area contributed by atoms with Crippen LogP contribution in [0.25, 0.3) is 0 Å². The third kappa shape index (κ3) is 5.90. The second-order valence-corrected chi connectivity index (χ2v) is 4.18. The fraction of sp³-hybridized carbons (Fsp3) is 0.467. The minimum Gasteiger partial charge on any atom is -0.494 e. The minimum absolute atomic E-state index is 0.574. The number of hydrogen-bond acceptors (Lipinski definition) is 4. The first-order valence-corrected chi connectivity index (χ1v) is 6.52. The first kappa shape index (κ1) is 15.0. The highest BCUT2D eigenvalue weighted by atomic mass is 16.5. The molecule has 1 aromatic carbocycles. The Kier molecular flexibility index (Phi) is 7.09. The van der Waals surface area contributed by atoms with Gasteiger partial charge in [0.1, 0.15) is 5.75 Å². The molecule has 0 spiro atoms. The van der Waals surface area contributed by atoms with E-state index < -0.39 is 0 Å². The first-order valence-electron chi connectivity index (χ1n) is 6.52. The van der Waals surface area contributed by atoms with Crippen molar-refractivity contribution in [3.63, 3.8) is 0 Å². The fourth-order valence-electron chi connectivity index (χ4n) is 1.74. The van der Waals surface area contributed by atoms with Crippen LogP contribution in [0.2, 0.25) is 0 Å². The van der Waals surface area contributed by atoms with Gasteiger partial charge in [-0.3, -0.25) is 0 Å². The summed E-state index contributed by atoms with van der Waals surface area (Å²) < 4.78 is 5.60. The van der Waals surface area contributed by atoms with Gasteiger partial charge in [-0.05, 0) is 37.2 Å². The maximum atomic E-state index is 8.68. The Bertz CT molecular complexity index is 442. The van der Waals surface area contributed by atoms with E-state index in [4.69, 9.17) is 15.3 Å². The summed E-state index contributed by atoms with van der Waals surface area (Å²) in [7, 11) is 0. The summed E-state index contributed by atoms with van der Waals surface area (Å²) in [4.78, 5) is 2.24. The van der Waals surface area contributed by atoms with Crippen molar-refractivity contribution in [1.82, 2.24) is 4.90 Å². The molecule has 0 bridgehead atoms. The van der Waals surface area contributed by atoms with E-state index in [-0.39, 0.29) is 0 Å². The minimum atomic E-state index is 0.574. The van der Waals surface area contributed by atoms with Crippen LogP contribution in [0.5, 0.6) is 5.75 Å². The molecule has 19 heavy (non-hydrogen) atoms. The molecule has 0 radical (unpaired) electrons. The normalized spacial score (nSPS) is 9.89. The first-order chi connectivity index (χ1) is 9.30. The molecule has 1 rings (SSSR count). The van der Waals surface area contributed by atoms with E-state index in [9.17, 15) is 0 Å². The molecule has 0 fully saturated rings. The summed E-state index contributed by atoms with van der Waals surface area (Å²) in [5.74, 6) is 0.791. The van der Waals surface area contributed by atoms with Gasteiger partial charge in [-0.2, -0.15) is 10.5 Å². The van der Waals surface area contributed by atoms with Gasteiger partial charge in [0.15, 0.2) is 0 Å². The fourth-order valence-corrected chi connectivity index (χ4v) is 1.74. The van der Waals surface area contributed by atoms with Gasteiger partial charge in [-0.1, -0.05) is 6.92 Å². The lowest BCUT2D eigenvalue weighted by molar-refractivity contribution is 0.245. The molecule has 4 heteroatoms. The van der Waals surface area contributed by atoms with E-state index in [1.54, 1.807) is 12.1 Å². The smallest absolute Gasteiger partial charge is 0.119 e. The molecule has 0 aromatic heterocycles. The second kappa shape index (κ2) is 8.97. The van der Waals surface area contributed by atoms with Crippen molar-refractivity contribution in [2.75, 3.05) is 26.2 Å². The number of ether oxygens (including phenoxy) is 1. The van der Waals surface area contributed by atoms with Crippen LogP contribution in [0.3, 0.4) is 0 Å². The third-order valence-electron chi connectivity index (χ3n) is 2.86. The molecule has 0 N–H and O–H groups in total. The zero-order valence-electron chi connectivity index (χ0n) is 11.3. The van der Waals surface area contributed by atoms with E-state index >= 15 is 0 Å². The molecule has 100 valence electrons. The van der Waals surface area contributed by atoms with Gasteiger partial charge < -0.3 is 9.64 Å². The van der Waals surface area contributed by atoms with Crippen LogP contribution in [0.4, 0.5) is 0 Å². The Hall–Kier alpha value is -2.04. The second-order valence-electron chi connectivity index (χ2n) is 4.18. The maximum absolute atomic E-state index is 8.68. The van der Waals surface area contributed by atoms with Crippen LogP contribution in [0.15, 0.2) is 24.3 Å². The van der Waals surface area contributed by atoms with Crippen molar-refractivity contribution in [2.45, 2.75) is 19.8 Å². The van der Waals surface area contributed by atoms with E-state index in [0.29, 0.717) is 18.6 Å². The van der Waals surface area contributed by atoms with Gasteiger partial charge in [-0.15, -0.1) is 0 Å². The van der Waals surface area contributed by atoms with E-state index in [1.807, 2.05) is 12.1 Å². The summed E-state index contributed by atoms with van der Waals surface area (Å²) >= 11 is 0. The molecular weight excluding hydrogens is 238 g/mol. The Labute approximate surface area is 114 Å². The van der Waals surface area contributed by atoms with Crippen molar-refractivity contribution in [2.24, 2.45) is 0 Å². The largest absolute Gasteiger partial charge is 0.494 e. The zero-order valence-corrected chi connectivity index (χ0v) is 11.3. The molecule has 0 saturated carbocycles. The molecular formula is C15H19N3O. The Morgan fingerprint density at radius 3 is 2.47 bits per heavy atom. The van der Waals surface area contributed by atoms with Gasteiger partial charge in [-0.25, -0.2) is 0 Å². The highest BCUT2D eigenvalue weighted by molar-refractivity contribution is 5.34. The van der Waals surface area contributed by atoms with E-state index in [1.165, 1.54) is 0 Å². The Morgan fingerprint density at radius 2 is 1.89 bits per heavy atom. The molecule has 0 atom stereocenters. The summed E-state index contributed by atoms with van der Waals surface area (Å²) in [6.45, 7) is 5.46. The molecule has 0 amide bonds. The van der Waals surface area contributed by atoms with Gasteiger partial charge in [0.2, 0.25) is 0 Å². The quantitative estimate of drug-likeness (QED) is 0.671. The number of nitriles is 2. The molecule has 4 nitrogen and oxygen atoms in total. The maximum Gasteiger partial charge on any atom is 0.119 e. The van der Waals surface area contributed by atoms with Gasteiger partial charge in [0, 0.05) is 19.5 Å². The summed E-state index contributed by atoms with van der Waals surface area (Å²) in [5, 5.41) is 17.2. The third-order valence-corrected chi connectivity index (χ3v) is 2.86. The van der Waals surface area contributed by atoms with Crippen molar-refractivity contribution in [3.8, 4) is 17.9 Å². The monoisotopic (exact) mass is 257 g/mol. The lowest BCUT2D eigenvalue weighted by atomic mass is 10.2. The molecule has 0 saturated heterocycles. The van der Waals surface area contributed by atoms with Crippen molar-refractivity contribution in [1.29, 1.82) is 10.5 Å². The van der Waals surface area contributed by atoms with E-state index in [0.717, 1.165) is 31.8 Å². The predicted octanol–water partition coefficient (Wildman–Crippen LogP) is 2.56. The topological polar surface area (TPSA) is 60.1 Å². The van der Waals surface area contributed by atoms with Crippen molar-refractivity contribution >= 4 is 0 Å². The van der Waals surface area contributed by atoms with Crippen LogP contribution < -0.4 is 4.74 Å². The van der Waals surface area contributed by atoms with Crippen LogP contribution in [-0.2, 0) is 0 Å². The van der Waals surface area contributed by atoms with Crippen LogP contribution in [0, 0.1) is 22.7 Å². The molecule has 0 heterocycles. The Morgan fingerprint density at radius 1 is 1.16 bits per heavy atom. The number of rotatable bonds is 8. The number of hydrogen-bond donors (Lipinski definition) is 0. The van der Waals surface area contributed by atoms with Gasteiger partial charge in [0.25, 0.3) is 0 Å². The SMILES string of the molecule is CCN(CCC#N)CCCOc1ccc(C#N)cc1. The van der Waals surface area contributed by atoms with Crippen LogP contribution in [-0.4, -0.2) is 31.1 Å². The van der Waals surface area contributed by atoms with Gasteiger partial charge >= 0.3 is 0 Å². The molecule has 0 aliphatic rings. The summed E-state index contributed by atoms with van der Waals surface area (Å²) in [6, 6.07) is 11.4. The molecule has 0 aliphatic heterocycles. The van der Waals surface area contributed by atoms with Crippen molar-refractivity contribution < 1.29 is 4.74 Å². The molecule has 0 aliphatic carbocycles. The zero-order chi connectivity index (χ0) is 13.9. The lowest BCUT2D eigenvalue weighted by Crippen LogP contribution is -2.26. The summed E-state index contributed by atoms with van der Waals surface area (Å²) in [5.41, 5.74) is 0.640. The van der Waals surface area contributed by atoms with Crippen LogP contribution in [0.1, 0.15) is 25.3 Å². The van der Waals surface area contributed by atoms with Crippen molar-refractivity contribution in [3.05, 3.63) is 29.8 Å². The van der Waals surface area contributed by atoms with Gasteiger partial charge in [0.05, 0.1) is 24.3 Å². The average molecular weight is 257 g/mol. The van der Waals surface area contributed by atoms with Crippen LogP contribution >= 0.6 is 0 Å². The average Bonchev–Trinajstić information content (AvgIpc) is 2.47. The summed E-state index contributed by atoms with van der Waals surface area (Å²) in [6.07, 6.45) is 1.50.